The summed E-state index contributed by atoms with van der Waals surface area (Å²) in [6, 6.07) is 8.10. The zero-order valence-electron chi connectivity index (χ0n) is 11.7. The van der Waals surface area contributed by atoms with Crippen molar-refractivity contribution in [2.45, 2.75) is 44.4 Å². The molecule has 2 unspecified atom stereocenters. The topological polar surface area (TPSA) is 46.2 Å². The lowest BCUT2D eigenvalue weighted by molar-refractivity contribution is 0.454. The quantitative estimate of drug-likeness (QED) is 0.923. The number of hydrogen-bond acceptors (Lipinski definition) is 3. The second kappa shape index (κ2) is 6.06. The predicted octanol–water partition coefficient (Wildman–Crippen LogP) is 2.61. The van der Waals surface area contributed by atoms with Crippen LogP contribution in [0, 0.1) is 6.92 Å². The lowest BCUT2D eigenvalue weighted by Gasteiger charge is -2.31. The Hall–Kier alpha value is -0.870. The molecule has 1 aromatic carbocycles. The number of rotatable bonds is 4. The van der Waals surface area contributed by atoms with E-state index < -0.39 is 9.84 Å². The molecule has 106 valence electrons. The molecule has 1 aliphatic rings. The first kappa shape index (κ1) is 14.5. The minimum Gasteiger partial charge on any atom is -0.309 e. The van der Waals surface area contributed by atoms with Gasteiger partial charge in [-0.1, -0.05) is 43.2 Å². The Morgan fingerprint density at radius 1 is 1.37 bits per heavy atom. The van der Waals surface area contributed by atoms with E-state index in [-0.39, 0.29) is 11.3 Å². The van der Waals surface area contributed by atoms with Crippen LogP contribution in [0.25, 0.3) is 0 Å². The van der Waals surface area contributed by atoms with Gasteiger partial charge >= 0.3 is 0 Å². The molecule has 1 saturated heterocycles. The lowest BCUT2D eigenvalue weighted by Crippen LogP contribution is -2.40. The third-order valence-corrected chi connectivity index (χ3v) is 6.11. The highest BCUT2D eigenvalue weighted by Gasteiger charge is 2.35. The Morgan fingerprint density at radius 3 is 2.79 bits per heavy atom. The van der Waals surface area contributed by atoms with E-state index in [0.29, 0.717) is 5.75 Å². The summed E-state index contributed by atoms with van der Waals surface area (Å²) >= 11 is 0. The summed E-state index contributed by atoms with van der Waals surface area (Å²) in [5, 5.41) is 3.10. The van der Waals surface area contributed by atoms with Gasteiger partial charge in [-0.3, -0.25) is 0 Å². The number of benzene rings is 1. The molecule has 0 aliphatic carbocycles. The molecule has 0 radical (unpaired) electrons. The highest BCUT2D eigenvalue weighted by molar-refractivity contribution is 7.92. The fraction of sp³-hybridized carbons (Fsp3) is 0.600. The Bertz CT molecular complexity index is 525. The van der Waals surface area contributed by atoms with Crippen molar-refractivity contribution in [2.24, 2.45) is 0 Å². The largest absolute Gasteiger partial charge is 0.309 e. The summed E-state index contributed by atoms with van der Waals surface area (Å²) in [5.74, 6) is 0.339. The van der Waals surface area contributed by atoms with Crippen LogP contribution in [0.4, 0.5) is 0 Å². The van der Waals surface area contributed by atoms with Crippen LogP contribution in [0.1, 0.15) is 43.4 Å². The average molecular weight is 281 g/mol. The van der Waals surface area contributed by atoms with Gasteiger partial charge in [-0.25, -0.2) is 8.42 Å². The van der Waals surface area contributed by atoms with Crippen molar-refractivity contribution >= 4 is 9.84 Å². The molecule has 3 nitrogen and oxygen atoms in total. The molecule has 2 rings (SSSR count). The van der Waals surface area contributed by atoms with Crippen LogP contribution in [0.3, 0.4) is 0 Å². The van der Waals surface area contributed by atoms with Crippen LogP contribution in [-0.2, 0) is 9.84 Å². The maximum Gasteiger partial charge on any atom is 0.155 e. The van der Waals surface area contributed by atoms with Crippen molar-refractivity contribution < 1.29 is 8.42 Å². The third kappa shape index (κ3) is 3.37. The van der Waals surface area contributed by atoms with Crippen molar-refractivity contribution in [2.75, 3.05) is 12.3 Å². The third-order valence-electron chi connectivity index (χ3n) is 3.83. The molecule has 4 heteroatoms. The number of aryl methyl sites for hydroxylation is 1. The number of nitrogens with one attached hydrogen (secondary N) is 1. The molecule has 0 amide bonds. The maximum absolute atomic E-state index is 12.3. The maximum atomic E-state index is 12.3. The van der Waals surface area contributed by atoms with E-state index in [1.165, 1.54) is 5.56 Å². The Kier molecular flexibility index (Phi) is 4.63. The minimum absolute atomic E-state index is 0.0739. The van der Waals surface area contributed by atoms with Gasteiger partial charge in [0.25, 0.3) is 0 Å². The summed E-state index contributed by atoms with van der Waals surface area (Å²) in [6.45, 7) is 4.85. The number of hydrogen-bond donors (Lipinski definition) is 1. The predicted molar refractivity (Wildman–Crippen MR) is 79.0 cm³/mol. The summed E-state index contributed by atoms with van der Waals surface area (Å²) in [5.41, 5.74) is 2.27. The molecule has 0 aromatic heterocycles. The van der Waals surface area contributed by atoms with Gasteiger partial charge in [0.05, 0.1) is 11.0 Å². The van der Waals surface area contributed by atoms with E-state index >= 15 is 0 Å². The normalized spacial score (nSPS) is 24.0. The fourth-order valence-electron chi connectivity index (χ4n) is 2.90. The molecule has 0 bridgehead atoms. The Morgan fingerprint density at radius 2 is 2.16 bits per heavy atom. The zero-order valence-corrected chi connectivity index (χ0v) is 12.5. The van der Waals surface area contributed by atoms with Gasteiger partial charge in [-0.05, 0) is 31.9 Å². The molecule has 1 N–H and O–H groups in total. The van der Waals surface area contributed by atoms with E-state index in [9.17, 15) is 8.42 Å². The van der Waals surface area contributed by atoms with Crippen molar-refractivity contribution in [3.63, 3.8) is 0 Å². The molecule has 0 saturated carbocycles. The van der Waals surface area contributed by atoms with Gasteiger partial charge in [-0.2, -0.15) is 0 Å². The van der Waals surface area contributed by atoms with E-state index in [0.717, 1.165) is 31.4 Å². The molecule has 1 aliphatic heterocycles. The second-order valence-electron chi connectivity index (χ2n) is 5.35. The first-order valence-electron chi connectivity index (χ1n) is 7.06. The standard InChI is InChI=1S/C15H23NO2S/c1-3-16-15(13-8-6-7-12(2)11-13)14-9-4-5-10-19(14,17)18/h6-8,11,14-16H,3-5,9-10H2,1-2H3. The minimum atomic E-state index is -2.97. The van der Waals surface area contributed by atoms with Crippen LogP contribution in [0.2, 0.25) is 0 Å². The number of sulfone groups is 1. The molecule has 1 fully saturated rings. The summed E-state index contributed by atoms with van der Waals surface area (Å²) < 4.78 is 24.6. The van der Waals surface area contributed by atoms with Crippen LogP contribution in [-0.4, -0.2) is 26.0 Å². The van der Waals surface area contributed by atoms with E-state index in [4.69, 9.17) is 0 Å². The van der Waals surface area contributed by atoms with Crippen molar-refractivity contribution in [1.82, 2.24) is 5.32 Å². The monoisotopic (exact) mass is 281 g/mol. The summed E-state index contributed by atoms with van der Waals surface area (Å²) in [6.07, 6.45) is 2.59. The van der Waals surface area contributed by atoms with Crippen LogP contribution in [0.15, 0.2) is 24.3 Å². The van der Waals surface area contributed by atoms with Gasteiger partial charge in [0.1, 0.15) is 0 Å². The zero-order chi connectivity index (χ0) is 13.9. The van der Waals surface area contributed by atoms with Gasteiger partial charge in [0, 0.05) is 6.04 Å². The molecule has 19 heavy (non-hydrogen) atoms. The highest BCUT2D eigenvalue weighted by Crippen LogP contribution is 2.31. The van der Waals surface area contributed by atoms with Crippen LogP contribution in [0.5, 0.6) is 0 Å². The van der Waals surface area contributed by atoms with Gasteiger partial charge in [0.2, 0.25) is 0 Å². The fourth-order valence-corrected chi connectivity index (χ4v) is 5.00. The average Bonchev–Trinajstić information content (AvgIpc) is 2.36. The summed E-state index contributed by atoms with van der Waals surface area (Å²) in [7, 11) is -2.97. The SMILES string of the molecule is CCNC(c1cccc(C)c1)C1CCCCS1(=O)=O. The molecule has 1 aromatic rings. The van der Waals surface area contributed by atoms with Crippen molar-refractivity contribution in [3.05, 3.63) is 35.4 Å². The molecule has 0 spiro atoms. The van der Waals surface area contributed by atoms with Gasteiger partial charge < -0.3 is 5.32 Å². The van der Waals surface area contributed by atoms with Gasteiger partial charge in [-0.15, -0.1) is 0 Å². The first-order chi connectivity index (χ1) is 9.04. The van der Waals surface area contributed by atoms with Crippen LogP contribution >= 0.6 is 0 Å². The van der Waals surface area contributed by atoms with E-state index in [1.807, 2.05) is 32.0 Å². The van der Waals surface area contributed by atoms with Crippen LogP contribution < -0.4 is 5.32 Å². The highest BCUT2D eigenvalue weighted by atomic mass is 32.2. The molecular formula is C15H23NO2S. The van der Waals surface area contributed by atoms with Crippen molar-refractivity contribution in [3.8, 4) is 0 Å². The van der Waals surface area contributed by atoms with E-state index in [1.54, 1.807) is 0 Å². The molecular weight excluding hydrogens is 258 g/mol. The second-order valence-corrected chi connectivity index (χ2v) is 7.69. The Balaban J connectivity index is 2.34. The molecule has 1 heterocycles. The lowest BCUT2D eigenvalue weighted by atomic mass is 9.98. The molecule has 2 atom stereocenters. The summed E-state index contributed by atoms with van der Waals surface area (Å²) in [4.78, 5) is 0. The van der Waals surface area contributed by atoms with E-state index in [2.05, 4.69) is 11.4 Å². The van der Waals surface area contributed by atoms with Gasteiger partial charge in [0.15, 0.2) is 9.84 Å². The smallest absolute Gasteiger partial charge is 0.155 e. The van der Waals surface area contributed by atoms with Crippen molar-refractivity contribution in [1.29, 1.82) is 0 Å². The Labute approximate surface area is 116 Å². The first-order valence-corrected chi connectivity index (χ1v) is 8.77.